The van der Waals surface area contributed by atoms with E-state index >= 15 is 0 Å². The van der Waals surface area contributed by atoms with Crippen molar-refractivity contribution in [3.63, 3.8) is 0 Å². The average Bonchev–Trinajstić information content (AvgIpc) is 2.11. The van der Waals surface area contributed by atoms with Crippen molar-refractivity contribution in [3.8, 4) is 5.75 Å². The zero-order valence-electron chi connectivity index (χ0n) is 7.14. The third-order valence-corrected chi connectivity index (χ3v) is 1.85. The van der Waals surface area contributed by atoms with E-state index in [1.165, 1.54) is 6.07 Å². The number of alkyl halides is 3. The van der Waals surface area contributed by atoms with Gasteiger partial charge in [-0.15, -0.1) is 13.2 Å². The van der Waals surface area contributed by atoms with E-state index in [4.69, 9.17) is 17.3 Å². The van der Waals surface area contributed by atoms with Crippen LogP contribution in [0, 0.1) is 0 Å². The number of nitrogen functional groups attached to an aromatic ring is 1. The Kier molecular flexibility index (Phi) is 3.09. The summed E-state index contributed by atoms with van der Waals surface area (Å²) in [5.41, 5.74) is 4.52. The fourth-order valence-corrected chi connectivity index (χ4v) is 1.06. The highest BCUT2D eigenvalue weighted by atomic mass is 35.5. The number of anilines is 1. The average molecular weight is 240 g/mol. The Labute approximate surface area is 87.6 Å². The molecule has 7 heteroatoms. The van der Waals surface area contributed by atoms with E-state index in [-0.39, 0.29) is 16.9 Å². The predicted molar refractivity (Wildman–Crippen MR) is 47.9 cm³/mol. The lowest BCUT2D eigenvalue weighted by molar-refractivity contribution is -0.274. The normalized spacial score (nSPS) is 11.2. The van der Waals surface area contributed by atoms with Gasteiger partial charge in [0.1, 0.15) is 0 Å². The molecule has 0 saturated heterocycles. The van der Waals surface area contributed by atoms with Crippen LogP contribution in [0.25, 0.3) is 0 Å². The molecule has 0 aliphatic heterocycles. The maximum Gasteiger partial charge on any atom is 0.573 e. The Morgan fingerprint density at radius 3 is 2.47 bits per heavy atom. The second-order valence-electron chi connectivity index (χ2n) is 2.55. The number of rotatable bonds is 2. The van der Waals surface area contributed by atoms with Gasteiger partial charge >= 0.3 is 6.36 Å². The van der Waals surface area contributed by atoms with Crippen molar-refractivity contribution in [2.45, 2.75) is 6.36 Å². The second-order valence-corrected chi connectivity index (χ2v) is 2.95. The number of ether oxygens (including phenoxy) is 1. The molecule has 2 N–H and O–H groups in total. The van der Waals surface area contributed by atoms with Crippen LogP contribution in [0.4, 0.5) is 18.9 Å². The first kappa shape index (κ1) is 11.6. The van der Waals surface area contributed by atoms with Crippen molar-refractivity contribution in [3.05, 3.63) is 22.7 Å². The van der Waals surface area contributed by atoms with Crippen molar-refractivity contribution in [1.29, 1.82) is 0 Å². The molecule has 0 radical (unpaired) electrons. The standard InChI is InChI=1S/C8H5ClF3NO2/c9-5-2-1-4(3-14)7(6(5)13)15-8(10,11)12/h1-3H,13H2. The van der Waals surface area contributed by atoms with E-state index in [2.05, 4.69) is 4.74 Å². The zero-order valence-corrected chi connectivity index (χ0v) is 7.89. The van der Waals surface area contributed by atoms with Crippen molar-refractivity contribution >= 4 is 23.6 Å². The number of nitrogens with two attached hydrogens (primary N) is 1. The highest BCUT2D eigenvalue weighted by Gasteiger charge is 2.33. The molecular weight excluding hydrogens is 235 g/mol. The minimum Gasteiger partial charge on any atom is -0.403 e. The molecule has 0 atom stereocenters. The molecule has 0 bridgehead atoms. The molecule has 82 valence electrons. The van der Waals surface area contributed by atoms with Gasteiger partial charge in [0.25, 0.3) is 0 Å². The van der Waals surface area contributed by atoms with Gasteiger partial charge < -0.3 is 10.5 Å². The van der Waals surface area contributed by atoms with Crippen LogP contribution >= 0.6 is 11.6 Å². The highest BCUT2D eigenvalue weighted by molar-refractivity contribution is 6.33. The molecule has 1 aromatic carbocycles. The molecule has 1 rings (SSSR count). The largest absolute Gasteiger partial charge is 0.573 e. The molecule has 1 aromatic rings. The van der Waals surface area contributed by atoms with Crippen molar-refractivity contribution in [2.75, 3.05) is 5.73 Å². The van der Waals surface area contributed by atoms with Gasteiger partial charge in [-0.05, 0) is 12.1 Å². The van der Waals surface area contributed by atoms with E-state index in [9.17, 15) is 18.0 Å². The van der Waals surface area contributed by atoms with Crippen LogP contribution in [-0.4, -0.2) is 12.6 Å². The molecule has 0 aliphatic rings. The minimum absolute atomic E-state index is 0.111. The lowest BCUT2D eigenvalue weighted by atomic mass is 10.2. The fourth-order valence-electron chi connectivity index (χ4n) is 0.915. The molecule has 0 spiro atoms. The molecule has 0 heterocycles. The monoisotopic (exact) mass is 239 g/mol. The minimum atomic E-state index is -4.92. The first-order valence-electron chi connectivity index (χ1n) is 3.64. The summed E-state index contributed by atoms with van der Waals surface area (Å²) in [5.74, 6) is -0.773. The van der Waals surface area contributed by atoms with E-state index in [1.54, 1.807) is 0 Å². The lowest BCUT2D eigenvalue weighted by Crippen LogP contribution is -2.19. The summed E-state index contributed by atoms with van der Waals surface area (Å²) in [5, 5.41) is -0.111. The molecule has 0 fully saturated rings. The quantitative estimate of drug-likeness (QED) is 0.638. The van der Waals surface area contributed by atoms with Crippen LogP contribution in [-0.2, 0) is 0 Å². The maximum atomic E-state index is 11.9. The summed E-state index contributed by atoms with van der Waals surface area (Å²) in [4.78, 5) is 10.4. The van der Waals surface area contributed by atoms with Gasteiger partial charge in [-0.3, -0.25) is 4.79 Å². The van der Waals surface area contributed by atoms with Gasteiger partial charge in [0.15, 0.2) is 12.0 Å². The summed E-state index contributed by atoms with van der Waals surface area (Å²) in [6.45, 7) is 0. The number of carbonyl (C=O) groups is 1. The van der Waals surface area contributed by atoms with E-state index in [0.717, 1.165) is 6.07 Å². The zero-order chi connectivity index (χ0) is 11.6. The molecule has 0 aromatic heterocycles. The molecular formula is C8H5ClF3NO2. The summed E-state index contributed by atoms with van der Waals surface area (Å²) in [7, 11) is 0. The van der Waals surface area contributed by atoms with Crippen LogP contribution < -0.4 is 10.5 Å². The van der Waals surface area contributed by atoms with Crippen LogP contribution in [0.5, 0.6) is 5.75 Å². The first-order chi connectivity index (χ1) is 6.85. The Morgan fingerprint density at radius 2 is 2.00 bits per heavy atom. The number of halogens is 4. The van der Waals surface area contributed by atoms with Crippen LogP contribution in [0.1, 0.15) is 10.4 Å². The number of hydrogen-bond donors (Lipinski definition) is 1. The maximum absolute atomic E-state index is 11.9. The Balaban J connectivity index is 3.24. The number of benzene rings is 1. The topological polar surface area (TPSA) is 52.3 Å². The molecule has 0 saturated carbocycles. The Morgan fingerprint density at radius 1 is 1.40 bits per heavy atom. The number of carbonyl (C=O) groups excluding carboxylic acids is 1. The Bertz CT molecular complexity index is 392. The Hall–Kier alpha value is -1.43. The van der Waals surface area contributed by atoms with Crippen LogP contribution in [0.15, 0.2) is 12.1 Å². The number of aldehydes is 1. The van der Waals surface area contributed by atoms with E-state index < -0.39 is 17.8 Å². The van der Waals surface area contributed by atoms with Crippen molar-refractivity contribution < 1.29 is 22.7 Å². The molecule has 15 heavy (non-hydrogen) atoms. The SMILES string of the molecule is Nc1c(Cl)ccc(C=O)c1OC(F)(F)F. The number of hydrogen-bond acceptors (Lipinski definition) is 3. The predicted octanol–water partition coefficient (Wildman–Crippen LogP) is 2.63. The van der Waals surface area contributed by atoms with Gasteiger partial charge in [0, 0.05) is 0 Å². The van der Waals surface area contributed by atoms with Crippen molar-refractivity contribution in [1.82, 2.24) is 0 Å². The summed E-state index contributed by atoms with van der Waals surface area (Å²) in [6.07, 6.45) is -4.72. The van der Waals surface area contributed by atoms with Gasteiger partial charge in [-0.25, -0.2) is 0 Å². The first-order valence-corrected chi connectivity index (χ1v) is 4.02. The van der Waals surface area contributed by atoms with Gasteiger partial charge in [0.2, 0.25) is 0 Å². The molecule has 0 amide bonds. The van der Waals surface area contributed by atoms with E-state index in [0.29, 0.717) is 0 Å². The van der Waals surface area contributed by atoms with Crippen LogP contribution in [0.3, 0.4) is 0 Å². The molecule has 3 nitrogen and oxygen atoms in total. The molecule has 0 aliphatic carbocycles. The highest BCUT2D eigenvalue weighted by Crippen LogP contribution is 2.35. The fraction of sp³-hybridized carbons (Fsp3) is 0.125. The van der Waals surface area contributed by atoms with Crippen LogP contribution in [0.2, 0.25) is 5.02 Å². The summed E-state index contributed by atoms with van der Waals surface area (Å²) >= 11 is 5.48. The van der Waals surface area contributed by atoms with Gasteiger partial charge in [0.05, 0.1) is 16.3 Å². The van der Waals surface area contributed by atoms with E-state index in [1.807, 2.05) is 0 Å². The lowest BCUT2D eigenvalue weighted by Gasteiger charge is -2.13. The van der Waals surface area contributed by atoms with Gasteiger partial charge in [-0.1, -0.05) is 11.6 Å². The third kappa shape index (κ3) is 2.76. The third-order valence-electron chi connectivity index (χ3n) is 1.52. The van der Waals surface area contributed by atoms with Crippen molar-refractivity contribution in [2.24, 2.45) is 0 Å². The second kappa shape index (κ2) is 3.98. The summed E-state index contributed by atoms with van der Waals surface area (Å²) in [6, 6.07) is 2.30. The summed E-state index contributed by atoms with van der Waals surface area (Å²) < 4.78 is 39.4. The van der Waals surface area contributed by atoms with Gasteiger partial charge in [-0.2, -0.15) is 0 Å². The molecule has 0 unspecified atom stereocenters. The smallest absolute Gasteiger partial charge is 0.403 e.